The normalized spacial score (nSPS) is 18.8. The summed E-state index contributed by atoms with van der Waals surface area (Å²) in [5.74, 6) is 2.47. The molecule has 3 aromatic rings. The van der Waals surface area contributed by atoms with Gasteiger partial charge in [0.05, 0.1) is 5.52 Å². The number of fused-ring (bicyclic) bond motifs is 1. The minimum Gasteiger partial charge on any atom is -0.362 e. The standard InChI is InChI=1S/C25H33N5S/c1-30(2)24-22-6-4-5-7-23(22)28-25(29-24)27-20-12-8-18(9-13-20)16-26-17-19-10-14-21(31-3)15-11-19/h4-7,10-11,14-15,18,20,26H,8-9,12-13,16-17H2,1-3H3,(H,27,28,29). The van der Waals surface area contributed by atoms with Crippen LogP contribution in [0.2, 0.25) is 0 Å². The van der Waals surface area contributed by atoms with Crippen LogP contribution in [-0.4, -0.2) is 42.9 Å². The zero-order valence-corrected chi connectivity index (χ0v) is 19.6. The Morgan fingerprint density at radius 1 is 0.968 bits per heavy atom. The lowest BCUT2D eigenvalue weighted by molar-refractivity contribution is 0.324. The van der Waals surface area contributed by atoms with Gasteiger partial charge in [0.1, 0.15) is 5.82 Å². The summed E-state index contributed by atoms with van der Waals surface area (Å²) in [6, 6.07) is 17.5. The highest BCUT2D eigenvalue weighted by molar-refractivity contribution is 7.98. The molecule has 6 heteroatoms. The maximum Gasteiger partial charge on any atom is 0.225 e. The molecule has 0 unspecified atom stereocenters. The molecule has 1 fully saturated rings. The van der Waals surface area contributed by atoms with Gasteiger partial charge in [-0.05, 0) is 74.2 Å². The smallest absolute Gasteiger partial charge is 0.225 e. The lowest BCUT2D eigenvalue weighted by Crippen LogP contribution is -2.31. The molecule has 1 aromatic heterocycles. The van der Waals surface area contributed by atoms with Gasteiger partial charge in [0.15, 0.2) is 0 Å². The quantitative estimate of drug-likeness (QED) is 0.476. The van der Waals surface area contributed by atoms with Gasteiger partial charge in [-0.3, -0.25) is 0 Å². The van der Waals surface area contributed by atoms with Gasteiger partial charge >= 0.3 is 0 Å². The lowest BCUT2D eigenvalue weighted by atomic mass is 9.86. The topological polar surface area (TPSA) is 53.1 Å². The van der Waals surface area contributed by atoms with Crippen molar-refractivity contribution in [1.82, 2.24) is 15.3 Å². The van der Waals surface area contributed by atoms with E-state index in [1.807, 2.05) is 26.2 Å². The third kappa shape index (κ3) is 5.69. The predicted molar refractivity (Wildman–Crippen MR) is 133 cm³/mol. The van der Waals surface area contributed by atoms with E-state index in [4.69, 9.17) is 9.97 Å². The Labute approximate surface area is 190 Å². The SMILES string of the molecule is CSc1ccc(CNCC2CCC(Nc3nc(N(C)C)c4ccccc4n3)CC2)cc1. The Balaban J connectivity index is 1.27. The van der Waals surface area contributed by atoms with Crippen LogP contribution in [0, 0.1) is 5.92 Å². The van der Waals surface area contributed by atoms with Crippen molar-refractivity contribution in [3.8, 4) is 0 Å². The molecule has 2 N–H and O–H groups in total. The van der Waals surface area contributed by atoms with Crippen molar-refractivity contribution in [1.29, 1.82) is 0 Å². The number of hydrogen-bond acceptors (Lipinski definition) is 6. The third-order valence-electron chi connectivity index (χ3n) is 6.11. The molecule has 1 saturated carbocycles. The van der Waals surface area contributed by atoms with E-state index in [0.717, 1.165) is 41.7 Å². The van der Waals surface area contributed by atoms with Crippen LogP contribution in [0.25, 0.3) is 10.9 Å². The van der Waals surface area contributed by atoms with Gasteiger partial charge in [-0.2, -0.15) is 4.98 Å². The molecular formula is C25H33N5S. The molecule has 0 aliphatic heterocycles. The Morgan fingerprint density at radius 3 is 2.42 bits per heavy atom. The van der Waals surface area contributed by atoms with Gasteiger partial charge in [0.25, 0.3) is 0 Å². The van der Waals surface area contributed by atoms with Crippen molar-refractivity contribution in [2.75, 3.05) is 37.1 Å². The maximum absolute atomic E-state index is 4.80. The Morgan fingerprint density at radius 2 is 1.71 bits per heavy atom. The summed E-state index contributed by atoms with van der Waals surface area (Å²) in [7, 11) is 4.07. The zero-order chi connectivity index (χ0) is 21.6. The molecule has 0 radical (unpaired) electrons. The fraction of sp³-hybridized carbons (Fsp3) is 0.440. The molecule has 4 rings (SSSR count). The van der Waals surface area contributed by atoms with Gasteiger partial charge in [0, 0.05) is 37.0 Å². The molecule has 1 aliphatic carbocycles. The minimum absolute atomic E-state index is 0.450. The Bertz CT molecular complexity index is 981. The largest absolute Gasteiger partial charge is 0.362 e. The van der Waals surface area contributed by atoms with Crippen molar-refractivity contribution in [2.24, 2.45) is 5.92 Å². The third-order valence-corrected chi connectivity index (χ3v) is 6.85. The minimum atomic E-state index is 0.450. The molecule has 0 spiro atoms. The highest BCUT2D eigenvalue weighted by Gasteiger charge is 2.22. The predicted octanol–water partition coefficient (Wildman–Crippen LogP) is 5.18. The van der Waals surface area contributed by atoms with Gasteiger partial charge in [-0.15, -0.1) is 11.8 Å². The monoisotopic (exact) mass is 435 g/mol. The van der Waals surface area contributed by atoms with E-state index >= 15 is 0 Å². The van der Waals surface area contributed by atoms with Crippen molar-refractivity contribution in [3.05, 3.63) is 54.1 Å². The summed E-state index contributed by atoms with van der Waals surface area (Å²) < 4.78 is 0. The van der Waals surface area contributed by atoms with Crippen LogP contribution in [0.1, 0.15) is 31.2 Å². The summed E-state index contributed by atoms with van der Waals surface area (Å²) in [6.07, 6.45) is 6.94. The van der Waals surface area contributed by atoms with Crippen molar-refractivity contribution < 1.29 is 0 Å². The second-order valence-corrected chi connectivity index (χ2v) is 9.50. The van der Waals surface area contributed by atoms with Crippen molar-refractivity contribution in [3.63, 3.8) is 0 Å². The summed E-state index contributed by atoms with van der Waals surface area (Å²) in [5.41, 5.74) is 2.35. The van der Waals surface area contributed by atoms with E-state index in [9.17, 15) is 0 Å². The number of para-hydroxylation sites is 1. The highest BCUT2D eigenvalue weighted by Crippen LogP contribution is 2.28. The average molecular weight is 436 g/mol. The number of benzene rings is 2. The second-order valence-electron chi connectivity index (χ2n) is 8.62. The van der Waals surface area contributed by atoms with Gasteiger partial charge in [0.2, 0.25) is 5.95 Å². The molecular weight excluding hydrogens is 402 g/mol. The number of rotatable bonds is 8. The molecule has 2 aromatic carbocycles. The molecule has 1 heterocycles. The Hall–Kier alpha value is -2.31. The summed E-state index contributed by atoms with van der Waals surface area (Å²) >= 11 is 1.79. The number of nitrogens with one attached hydrogen (secondary N) is 2. The van der Waals surface area contributed by atoms with Crippen LogP contribution in [-0.2, 0) is 6.54 Å². The molecule has 0 atom stereocenters. The van der Waals surface area contributed by atoms with Gasteiger partial charge < -0.3 is 15.5 Å². The van der Waals surface area contributed by atoms with E-state index in [2.05, 4.69) is 58.2 Å². The molecule has 164 valence electrons. The van der Waals surface area contributed by atoms with Crippen LogP contribution >= 0.6 is 11.8 Å². The van der Waals surface area contributed by atoms with Crippen LogP contribution in [0.5, 0.6) is 0 Å². The number of nitrogens with zero attached hydrogens (tertiary/aromatic N) is 3. The average Bonchev–Trinajstić information content (AvgIpc) is 2.80. The van der Waals surface area contributed by atoms with E-state index in [0.29, 0.717) is 6.04 Å². The van der Waals surface area contributed by atoms with Crippen molar-refractivity contribution in [2.45, 2.75) is 43.2 Å². The molecule has 0 saturated heterocycles. The van der Waals surface area contributed by atoms with Crippen molar-refractivity contribution >= 4 is 34.4 Å². The van der Waals surface area contributed by atoms with Crippen LogP contribution in [0.15, 0.2) is 53.4 Å². The summed E-state index contributed by atoms with van der Waals surface area (Å²) in [5, 5.41) is 8.36. The van der Waals surface area contributed by atoms with Crippen LogP contribution in [0.4, 0.5) is 11.8 Å². The van der Waals surface area contributed by atoms with Crippen LogP contribution < -0.4 is 15.5 Å². The second kappa shape index (κ2) is 10.3. The fourth-order valence-electron chi connectivity index (χ4n) is 4.32. The maximum atomic E-state index is 4.80. The first-order chi connectivity index (χ1) is 15.1. The number of anilines is 2. The molecule has 5 nitrogen and oxygen atoms in total. The lowest BCUT2D eigenvalue weighted by Gasteiger charge is -2.29. The first kappa shape index (κ1) is 21.9. The van der Waals surface area contributed by atoms with E-state index in [-0.39, 0.29) is 0 Å². The molecule has 31 heavy (non-hydrogen) atoms. The number of hydrogen-bond donors (Lipinski definition) is 2. The molecule has 0 amide bonds. The number of aromatic nitrogens is 2. The summed E-state index contributed by atoms with van der Waals surface area (Å²) in [4.78, 5) is 12.9. The number of thioether (sulfide) groups is 1. The molecule has 0 bridgehead atoms. The van der Waals surface area contributed by atoms with E-state index in [1.54, 1.807) is 11.8 Å². The van der Waals surface area contributed by atoms with Crippen LogP contribution in [0.3, 0.4) is 0 Å². The highest BCUT2D eigenvalue weighted by atomic mass is 32.2. The summed E-state index contributed by atoms with van der Waals surface area (Å²) in [6.45, 7) is 2.04. The zero-order valence-electron chi connectivity index (χ0n) is 18.8. The van der Waals surface area contributed by atoms with Gasteiger partial charge in [-0.25, -0.2) is 4.98 Å². The first-order valence-electron chi connectivity index (χ1n) is 11.2. The van der Waals surface area contributed by atoms with Gasteiger partial charge in [-0.1, -0.05) is 24.3 Å². The van der Waals surface area contributed by atoms with E-state index in [1.165, 1.54) is 36.1 Å². The fourth-order valence-corrected chi connectivity index (χ4v) is 4.73. The first-order valence-corrected chi connectivity index (χ1v) is 12.4. The van der Waals surface area contributed by atoms with E-state index < -0.39 is 0 Å². The molecule has 1 aliphatic rings. The Kier molecular flexibility index (Phi) is 7.30.